The SMILES string of the molecule is CCOC(=O)C1CCCCN1C(=O)c1cc(OC)c(OC)cc1I. The number of benzene rings is 1. The quantitative estimate of drug-likeness (QED) is 0.513. The third kappa shape index (κ3) is 3.93. The van der Waals surface area contributed by atoms with E-state index in [2.05, 4.69) is 22.6 Å². The number of methoxy groups -OCH3 is 2. The minimum absolute atomic E-state index is 0.182. The summed E-state index contributed by atoms with van der Waals surface area (Å²) in [6.45, 7) is 2.63. The first kappa shape index (κ1) is 18.8. The Kier molecular flexibility index (Phi) is 6.70. The Hall–Kier alpha value is -1.51. The predicted octanol–water partition coefficient (Wildman–Crippen LogP) is 2.87. The van der Waals surface area contributed by atoms with E-state index in [1.165, 1.54) is 7.11 Å². The zero-order chi connectivity index (χ0) is 17.7. The lowest BCUT2D eigenvalue weighted by Crippen LogP contribution is -2.48. The number of rotatable bonds is 5. The second-order valence-electron chi connectivity index (χ2n) is 5.45. The number of esters is 1. The zero-order valence-electron chi connectivity index (χ0n) is 14.1. The van der Waals surface area contributed by atoms with E-state index in [-0.39, 0.29) is 11.9 Å². The molecule has 1 aliphatic heterocycles. The van der Waals surface area contributed by atoms with Crippen molar-refractivity contribution in [3.05, 3.63) is 21.3 Å². The van der Waals surface area contributed by atoms with Crippen molar-refractivity contribution in [1.82, 2.24) is 4.90 Å². The smallest absolute Gasteiger partial charge is 0.328 e. The molecule has 0 saturated carbocycles. The molecule has 0 spiro atoms. The van der Waals surface area contributed by atoms with Gasteiger partial charge in [0.05, 0.1) is 26.4 Å². The topological polar surface area (TPSA) is 65.1 Å². The normalized spacial score (nSPS) is 17.3. The average molecular weight is 447 g/mol. The highest BCUT2D eigenvalue weighted by Gasteiger charge is 2.34. The minimum atomic E-state index is -0.518. The highest BCUT2D eigenvalue weighted by atomic mass is 127. The monoisotopic (exact) mass is 447 g/mol. The molecule has 1 unspecified atom stereocenters. The van der Waals surface area contributed by atoms with E-state index in [1.807, 2.05) is 0 Å². The number of amides is 1. The van der Waals surface area contributed by atoms with Gasteiger partial charge in [-0.05, 0) is 60.9 Å². The molecule has 1 atom stereocenters. The van der Waals surface area contributed by atoms with Gasteiger partial charge in [-0.3, -0.25) is 4.79 Å². The fourth-order valence-electron chi connectivity index (χ4n) is 2.83. The maximum Gasteiger partial charge on any atom is 0.328 e. The summed E-state index contributed by atoms with van der Waals surface area (Å²) in [7, 11) is 3.08. The van der Waals surface area contributed by atoms with Crippen LogP contribution in [0.1, 0.15) is 36.5 Å². The first-order valence-corrected chi connectivity index (χ1v) is 9.00. The number of carbonyl (C=O) groups is 2. The van der Waals surface area contributed by atoms with Gasteiger partial charge in [-0.25, -0.2) is 4.79 Å². The molecule has 1 aromatic carbocycles. The first-order chi connectivity index (χ1) is 11.5. The fraction of sp³-hybridized carbons (Fsp3) is 0.529. The average Bonchev–Trinajstić information content (AvgIpc) is 2.61. The van der Waals surface area contributed by atoms with Crippen LogP contribution in [0.4, 0.5) is 0 Å². The van der Waals surface area contributed by atoms with Crippen LogP contribution in [-0.4, -0.2) is 50.2 Å². The third-order valence-corrected chi connectivity index (χ3v) is 4.92. The van der Waals surface area contributed by atoms with Crippen molar-refractivity contribution in [2.24, 2.45) is 0 Å². The van der Waals surface area contributed by atoms with E-state index < -0.39 is 6.04 Å². The standard InChI is InChI=1S/C17H22INO5/c1-4-24-17(21)13-7-5-6-8-19(13)16(20)11-9-14(22-2)15(23-3)10-12(11)18/h9-10,13H,4-8H2,1-3H3. The summed E-state index contributed by atoms with van der Waals surface area (Å²) in [5.74, 6) is 0.545. The number of hydrogen-bond acceptors (Lipinski definition) is 5. The van der Waals surface area contributed by atoms with Crippen molar-refractivity contribution in [2.45, 2.75) is 32.2 Å². The van der Waals surface area contributed by atoms with Gasteiger partial charge in [0.1, 0.15) is 6.04 Å². The van der Waals surface area contributed by atoms with Crippen LogP contribution >= 0.6 is 22.6 Å². The lowest BCUT2D eigenvalue weighted by molar-refractivity contribution is -0.149. The van der Waals surface area contributed by atoms with Crippen LogP contribution in [0.2, 0.25) is 0 Å². The van der Waals surface area contributed by atoms with E-state index >= 15 is 0 Å². The molecule has 1 aromatic rings. The van der Waals surface area contributed by atoms with Gasteiger partial charge in [0, 0.05) is 10.1 Å². The minimum Gasteiger partial charge on any atom is -0.493 e. The summed E-state index contributed by atoms with van der Waals surface area (Å²) in [6, 6.07) is 2.91. The second-order valence-corrected chi connectivity index (χ2v) is 6.61. The molecule has 1 aliphatic rings. The Morgan fingerprint density at radius 1 is 1.21 bits per heavy atom. The van der Waals surface area contributed by atoms with Crippen LogP contribution in [0.3, 0.4) is 0 Å². The van der Waals surface area contributed by atoms with Crippen molar-refractivity contribution in [1.29, 1.82) is 0 Å². The molecule has 1 heterocycles. The van der Waals surface area contributed by atoms with Crippen molar-refractivity contribution in [2.75, 3.05) is 27.4 Å². The van der Waals surface area contributed by atoms with Crippen molar-refractivity contribution >= 4 is 34.5 Å². The largest absolute Gasteiger partial charge is 0.493 e. The van der Waals surface area contributed by atoms with E-state index in [0.29, 0.717) is 36.6 Å². The number of nitrogens with zero attached hydrogens (tertiary/aromatic N) is 1. The third-order valence-electron chi connectivity index (χ3n) is 4.03. The summed E-state index contributed by atoms with van der Waals surface area (Å²) >= 11 is 2.10. The van der Waals surface area contributed by atoms with Crippen LogP contribution in [0, 0.1) is 3.57 Å². The van der Waals surface area contributed by atoms with E-state index in [4.69, 9.17) is 14.2 Å². The van der Waals surface area contributed by atoms with E-state index in [9.17, 15) is 9.59 Å². The highest BCUT2D eigenvalue weighted by Crippen LogP contribution is 2.33. The molecule has 0 aromatic heterocycles. The number of halogens is 1. The molecule has 1 fully saturated rings. The number of carbonyl (C=O) groups excluding carboxylic acids is 2. The molecule has 0 radical (unpaired) electrons. The summed E-state index contributed by atoms with van der Waals surface area (Å²) in [5.41, 5.74) is 0.504. The van der Waals surface area contributed by atoms with Gasteiger partial charge in [0.15, 0.2) is 11.5 Å². The Morgan fingerprint density at radius 2 is 1.88 bits per heavy atom. The summed E-state index contributed by atoms with van der Waals surface area (Å²) in [5, 5.41) is 0. The Labute approximate surface area is 155 Å². The molecular formula is C17H22INO5. The predicted molar refractivity (Wildman–Crippen MR) is 97.6 cm³/mol. The number of ether oxygens (including phenoxy) is 3. The molecule has 0 aliphatic carbocycles. The number of likely N-dealkylation sites (tertiary alicyclic amines) is 1. The summed E-state index contributed by atoms with van der Waals surface area (Å²) in [4.78, 5) is 26.8. The van der Waals surface area contributed by atoms with Crippen LogP contribution in [0.5, 0.6) is 11.5 Å². The summed E-state index contributed by atoms with van der Waals surface area (Å²) in [6.07, 6.45) is 2.43. The van der Waals surface area contributed by atoms with Crippen LogP contribution in [0.15, 0.2) is 12.1 Å². The van der Waals surface area contributed by atoms with Gasteiger partial charge >= 0.3 is 5.97 Å². The van der Waals surface area contributed by atoms with Crippen LogP contribution in [-0.2, 0) is 9.53 Å². The van der Waals surface area contributed by atoms with E-state index in [0.717, 1.165) is 16.4 Å². The van der Waals surface area contributed by atoms with Gasteiger partial charge in [-0.2, -0.15) is 0 Å². The molecule has 0 bridgehead atoms. The number of piperidine rings is 1. The molecule has 132 valence electrons. The maximum absolute atomic E-state index is 13.0. The molecule has 0 N–H and O–H groups in total. The van der Waals surface area contributed by atoms with Gasteiger partial charge in [-0.15, -0.1) is 0 Å². The molecule has 24 heavy (non-hydrogen) atoms. The highest BCUT2D eigenvalue weighted by molar-refractivity contribution is 14.1. The second kappa shape index (κ2) is 8.55. The maximum atomic E-state index is 13.0. The Bertz CT molecular complexity index is 619. The molecule has 1 saturated heterocycles. The van der Waals surface area contributed by atoms with Gasteiger partial charge < -0.3 is 19.1 Å². The summed E-state index contributed by atoms with van der Waals surface area (Å²) < 4.78 is 16.4. The lowest BCUT2D eigenvalue weighted by Gasteiger charge is -2.34. The van der Waals surface area contributed by atoms with Crippen molar-refractivity contribution in [3.63, 3.8) is 0 Å². The van der Waals surface area contributed by atoms with Crippen molar-refractivity contribution < 1.29 is 23.8 Å². The van der Waals surface area contributed by atoms with E-state index in [1.54, 1.807) is 31.1 Å². The molecular weight excluding hydrogens is 425 g/mol. The fourth-order valence-corrected chi connectivity index (χ4v) is 3.50. The lowest BCUT2D eigenvalue weighted by atomic mass is 10.0. The molecule has 7 heteroatoms. The molecule has 1 amide bonds. The van der Waals surface area contributed by atoms with Crippen molar-refractivity contribution in [3.8, 4) is 11.5 Å². The van der Waals surface area contributed by atoms with Crippen LogP contribution in [0.25, 0.3) is 0 Å². The van der Waals surface area contributed by atoms with Gasteiger partial charge in [0.25, 0.3) is 5.91 Å². The van der Waals surface area contributed by atoms with Gasteiger partial charge in [0.2, 0.25) is 0 Å². The number of hydrogen-bond donors (Lipinski definition) is 0. The van der Waals surface area contributed by atoms with Crippen LogP contribution < -0.4 is 9.47 Å². The first-order valence-electron chi connectivity index (χ1n) is 7.92. The Balaban J connectivity index is 2.33. The zero-order valence-corrected chi connectivity index (χ0v) is 16.3. The van der Waals surface area contributed by atoms with Gasteiger partial charge in [-0.1, -0.05) is 0 Å². The Morgan fingerprint density at radius 3 is 2.50 bits per heavy atom. The molecule has 6 nitrogen and oxygen atoms in total. The molecule has 2 rings (SSSR count).